The van der Waals surface area contributed by atoms with Crippen LogP contribution in [0.1, 0.15) is 22.8 Å². The maximum absolute atomic E-state index is 12.3. The van der Waals surface area contributed by atoms with Gasteiger partial charge in [-0.25, -0.2) is 4.79 Å². The maximum atomic E-state index is 12.3. The number of halogens is 3. The molecule has 0 aliphatic heterocycles. The summed E-state index contributed by atoms with van der Waals surface area (Å²) in [7, 11) is 1.26. The van der Waals surface area contributed by atoms with E-state index >= 15 is 0 Å². The van der Waals surface area contributed by atoms with Crippen molar-refractivity contribution in [1.29, 1.82) is 0 Å². The normalized spacial score (nSPS) is 11.2. The topological polar surface area (TPSA) is 55.4 Å². The fourth-order valence-corrected chi connectivity index (χ4v) is 2.57. The van der Waals surface area contributed by atoms with E-state index in [2.05, 4.69) is 5.32 Å². The van der Waals surface area contributed by atoms with Gasteiger partial charge in [-0.15, -0.1) is 0 Å². The maximum Gasteiger partial charge on any atom is 0.339 e. The molecule has 0 aromatic heterocycles. The summed E-state index contributed by atoms with van der Waals surface area (Å²) in [6, 6.07) is 9.59. The molecule has 0 heterocycles. The highest BCUT2D eigenvalue weighted by Gasteiger charge is 2.14. The van der Waals surface area contributed by atoms with E-state index in [1.54, 1.807) is 31.2 Å². The van der Waals surface area contributed by atoms with Crippen molar-refractivity contribution >= 4 is 57.9 Å². The lowest BCUT2D eigenvalue weighted by Gasteiger charge is -2.09. The molecule has 0 aliphatic rings. The van der Waals surface area contributed by atoms with Gasteiger partial charge in [0, 0.05) is 11.1 Å². The van der Waals surface area contributed by atoms with Gasteiger partial charge in [-0.3, -0.25) is 4.79 Å². The molecule has 2 rings (SSSR count). The third-order valence-electron chi connectivity index (χ3n) is 3.37. The van der Waals surface area contributed by atoms with Crippen LogP contribution in [0.15, 0.2) is 42.5 Å². The summed E-state index contributed by atoms with van der Waals surface area (Å²) in [6.45, 7) is 1.76. The Hall–Kier alpha value is -2.01. The fraction of sp³-hybridized carbons (Fsp3) is 0.111. The van der Waals surface area contributed by atoms with E-state index < -0.39 is 11.9 Å². The van der Waals surface area contributed by atoms with Crippen molar-refractivity contribution in [2.75, 3.05) is 12.4 Å². The number of nitrogens with one attached hydrogen (secondary N) is 1. The van der Waals surface area contributed by atoms with Crippen molar-refractivity contribution in [1.82, 2.24) is 0 Å². The van der Waals surface area contributed by atoms with Crippen molar-refractivity contribution in [2.24, 2.45) is 0 Å². The molecule has 0 spiro atoms. The van der Waals surface area contributed by atoms with Crippen LogP contribution in [0.2, 0.25) is 15.1 Å². The number of hydrogen-bond acceptors (Lipinski definition) is 3. The van der Waals surface area contributed by atoms with E-state index in [1.165, 1.54) is 25.3 Å². The van der Waals surface area contributed by atoms with E-state index in [-0.39, 0.29) is 11.3 Å². The SMILES string of the molecule is COC(=O)c1ccc(Cl)cc1NC(=O)C=C(C)c1ccc(Cl)c(Cl)c1. The number of allylic oxidation sites excluding steroid dienone is 1. The number of carbonyl (C=O) groups is 2. The van der Waals surface area contributed by atoms with Crippen LogP contribution >= 0.6 is 34.8 Å². The number of methoxy groups -OCH3 is 1. The van der Waals surface area contributed by atoms with Crippen LogP contribution in [0.5, 0.6) is 0 Å². The predicted molar refractivity (Wildman–Crippen MR) is 102 cm³/mol. The molecule has 0 bridgehead atoms. The fourth-order valence-electron chi connectivity index (χ4n) is 2.10. The molecule has 7 heteroatoms. The predicted octanol–water partition coefficient (Wildman–Crippen LogP) is 5.48. The second kappa shape index (κ2) is 8.39. The number of amides is 1. The first-order valence-corrected chi connectivity index (χ1v) is 8.27. The number of benzene rings is 2. The van der Waals surface area contributed by atoms with Gasteiger partial charge in [0.05, 0.1) is 28.4 Å². The number of ether oxygens (including phenoxy) is 1. The van der Waals surface area contributed by atoms with Crippen molar-refractivity contribution in [3.05, 3.63) is 68.7 Å². The van der Waals surface area contributed by atoms with Crippen molar-refractivity contribution in [2.45, 2.75) is 6.92 Å². The largest absolute Gasteiger partial charge is 0.465 e. The molecular formula is C18H14Cl3NO3. The Morgan fingerprint density at radius 3 is 2.40 bits per heavy atom. The molecule has 0 saturated heterocycles. The van der Waals surface area contributed by atoms with Crippen LogP contribution in [0.25, 0.3) is 5.57 Å². The van der Waals surface area contributed by atoms with Gasteiger partial charge < -0.3 is 10.1 Å². The molecule has 0 saturated carbocycles. The molecule has 4 nitrogen and oxygen atoms in total. The van der Waals surface area contributed by atoms with Crippen LogP contribution < -0.4 is 5.32 Å². The van der Waals surface area contributed by atoms with Gasteiger partial charge in [-0.1, -0.05) is 40.9 Å². The van der Waals surface area contributed by atoms with Gasteiger partial charge in [0.2, 0.25) is 5.91 Å². The van der Waals surface area contributed by atoms with Gasteiger partial charge in [0.15, 0.2) is 0 Å². The second-order valence-corrected chi connectivity index (χ2v) is 6.38. The lowest BCUT2D eigenvalue weighted by Crippen LogP contribution is -2.13. The number of anilines is 1. The Balaban J connectivity index is 2.26. The molecule has 1 amide bonds. The van der Waals surface area contributed by atoms with E-state index in [0.29, 0.717) is 20.6 Å². The van der Waals surface area contributed by atoms with E-state index in [0.717, 1.165) is 5.56 Å². The molecule has 2 aromatic rings. The van der Waals surface area contributed by atoms with Gasteiger partial charge in [-0.2, -0.15) is 0 Å². The van der Waals surface area contributed by atoms with Crippen LogP contribution in [0.4, 0.5) is 5.69 Å². The van der Waals surface area contributed by atoms with E-state index in [1.807, 2.05) is 0 Å². The molecule has 0 aliphatic carbocycles. The summed E-state index contributed by atoms with van der Waals surface area (Å²) in [5.41, 5.74) is 1.91. The number of hydrogen-bond donors (Lipinski definition) is 1. The third-order valence-corrected chi connectivity index (χ3v) is 4.34. The molecule has 1 N–H and O–H groups in total. The molecule has 0 unspecified atom stereocenters. The molecule has 0 atom stereocenters. The smallest absolute Gasteiger partial charge is 0.339 e. The van der Waals surface area contributed by atoms with Gasteiger partial charge in [-0.05, 0) is 48.4 Å². The quantitative estimate of drug-likeness (QED) is 0.548. The molecular weight excluding hydrogens is 385 g/mol. The molecule has 25 heavy (non-hydrogen) atoms. The average molecular weight is 399 g/mol. The lowest BCUT2D eigenvalue weighted by atomic mass is 10.1. The second-order valence-electron chi connectivity index (χ2n) is 5.13. The highest BCUT2D eigenvalue weighted by atomic mass is 35.5. The van der Waals surface area contributed by atoms with Crippen molar-refractivity contribution < 1.29 is 14.3 Å². The summed E-state index contributed by atoms with van der Waals surface area (Å²) in [5, 5.41) is 3.85. The van der Waals surface area contributed by atoms with Crippen LogP contribution in [-0.4, -0.2) is 19.0 Å². The Morgan fingerprint density at radius 1 is 1.04 bits per heavy atom. The minimum absolute atomic E-state index is 0.209. The minimum Gasteiger partial charge on any atom is -0.465 e. The molecule has 0 radical (unpaired) electrons. The zero-order valence-electron chi connectivity index (χ0n) is 13.4. The van der Waals surface area contributed by atoms with Crippen molar-refractivity contribution in [3.8, 4) is 0 Å². The number of esters is 1. The summed E-state index contributed by atoms with van der Waals surface area (Å²) in [6.07, 6.45) is 1.39. The Bertz CT molecular complexity index is 863. The van der Waals surface area contributed by atoms with Crippen LogP contribution in [0.3, 0.4) is 0 Å². The van der Waals surface area contributed by atoms with Crippen LogP contribution in [0, 0.1) is 0 Å². The molecule has 130 valence electrons. The van der Waals surface area contributed by atoms with E-state index in [4.69, 9.17) is 39.5 Å². The van der Waals surface area contributed by atoms with E-state index in [9.17, 15) is 9.59 Å². The lowest BCUT2D eigenvalue weighted by molar-refractivity contribution is -0.111. The monoisotopic (exact) mass is 397 g/mol. The highest BCUT2D eigenvalue weighted by Crippen LogP contribution is 2.26. The van der Waals surface area contributed by atoms with Gasteiger partial charge in [0.1, 0.15) is 0 Å². The number of rotatable bonds is 4. The first-order chi connectivity index (χ1) is 11.8. The molecule has 0 fully saturated rings. The average Bonchev–Trinajstić information content (AvgIpc) is 2.56. The van der Waals surface area contributed by atoms with Crippen molar-refractivity contribution in [3.63, 3.8) is 0 Å². The summed E-state index contributed by atoms with van der Waals surface area (Å²) < 4.78 is 4.70. The summed E-state index contributed by atoms with van der Waals surface area (Å²) in [5.74, 6) is -0.992. The van der Waals surface area contributed by atoms with Gasteiger partial charge >= 0.3 is 5.97 Å². The summed E-state index contributed by atoms with van der Waals surface area (Å²) in [4.78, 5) is 24.1. The highest BCUT2D eigenvalue weighted by molar-refractivity contribution is 6.42. The number of carbonyl (C=O) groups excluding carboxylic acids is 2. The Labute approximate surface area is 160 Å². The van der Waals surface area contributed by atoms with Gasteiger partial charge in [0.25, 0.3) is 0 Å². The van der Waals surface area contributed by atoms with Crippen LogP contribution in [-0.2, 0) is 9.53 Å². The standard InChI is InChI=1S/C18H14Cl3NO3/c1-10(11-3-6-14(20)15(21)8-11)7-17(23)22-16-9-12(19)4-5-13(16)18(24)25-2/h3-9H,1-2H3,(H,22,23). The first kappa shape index (κ1) is 19.3. The zero-order valence-corrected chi connectivity index (χ0v) is 15.7. The Morgan fingerprint density at radius 2 is 1.76 bits per heavy atom. The Kier molecular flexibility index (Phi) is 6.48. The third kappa shape index (κ3) is 4.98. The molecule has 2 aromatic carbocycles. The minimum atomic E-state index is -0.572. The summed E-state index contributed by atoms with van der Waals surface area (Å²) >= 11 is 17.8. The zero-order chi connectivity index (χ0) is 18.6. The first-order valence-electron chi connectivity index (χ1n) is 7.14.